The monoisotopic (exact) mass is 381 g/mol. The van der Waals surface area contributed by atoms with Gasteiger partial charge < -0.3 is 16.6 Å². The number of aliphatic hydroxyl groups excluding tert-OH is 1. The van der Waals surface area contributed by atoms with Crippen molar-refractivity contribution in [2.24, 2.45) is 11.7 Å². The van der Waals surface area contributed by atoms with Gasteiger partial charge in [0.2, 0.25) is 0 Å². The molecule has 28 heavy (non-hydrogen) atoms. The number of hydrogen-bond acceptors (Lipinski definition) is 5. The van der Waals surface area contributed by atoms with Gasteiger partial charge in [-0.05, 0) is 25.3 Å². The Morgan fingerprint density at radius 1 is 1.29 bits per heavy atom. The largest absolute Gasteiger partial charge is 0.388 e. The summed E-state index contributed by atoms with van der Waals surface area (Å²) in [5.74, 6) is -0.236. The maximum atomic E-state index is 12.2. The minimum absolute atomic E-state index is 0.205. The maximum Gasteiger partial charge on any atom is 0.254 e. The Labute approximate surface area is 164 Å². The third-order valence-corrected chi connectivity index (χ3v) is 6.12. The van der Waals surface area contributed by atoms with E-state index in [9.17, 15) is 9.90 Å². The summed E-state index contributed by atoms with van der Waals surface area (Å²) in [6.07, 6.45) is 10.6. The van der Waals surface area contributed by atoms with E-state index in [1.54, 1.807) is 16.8 Å². The number of carbonyl (C=O) groups is 1. The topological polar surface area (TPSA) is 120 Å². The number of aliphatic hydroxyl groups is 1. The maximum absolute atomic E-state index is 12.2. The van der Waals surface area contributed by atoms with Gasteiger partial charge in [0, 0.05) is 17.5 Å². The smallest absolute Gasteiger partial charge is 0.254 e. The molecule has 0 saturated heterocycles. The summed E-state index contributed by atoms with van der Waals surface area (Å²) in [7, 11) is 0. The number of nitrogen functional groups attached to an aromatic ring is 1. The summed E-state index contributed by atoms with van der Waals surface area (Å²) >= 11 is 0. The lowest BCUT2D eigenvalue weighted by Crippen LogP contribution is -2.24. The molecule has 2 aliphatic rings. The van der Waals surface area contributed by atoms with E-state index in [1.807, 2.05) is 19.9 Å². The molecule has 1 fully saturated rings. The normalized spacial score (nSPS) is 23.5. The molecule has 148 valence electrons. The lowest BCUT2D eigenvalue weighted by Gasteiger charge is -2.27. The number of hydrogen-bond donors (Lipinski definition) is 3. The summed E-state index contributed by atoms with van der Waals surface area (Å²) in [6.45, 7) is 3.87. The van der Waals surface area contributed by atoms with Gasteiger partial charge in [0.05, 0.1) is 18.0 Å². The Hall–Kier alpha value is -2.67. The highest BCUT2D eigenvalue weighted by Crippen LogP contribution is 2.38. The van der Waals surface area contributed by atoms with Gasteiger partial charge in [0.25, 0.3) is 5.91 Å². The Bertz CT molecular complexity index is 998. The van der Waals surface area contributed by atoms with Crippen LogP contribution >= 0.6 is 0 Å². The van der Waals surface area contributed by atoms with Crippen LogP contribution in [0.2, 0.25) is 0 Å². The van der Waals surface area contributed by atoms with Gasteiger partial charge >= 0.3 is 0 Å². The van der Waals surface area contributed by atoms with E-state index in [-0.39, 0.29) is 17.3 Å². The SMILES string of the molecule is CC1=C(n2c(N)c(C(N)=O)c3nc(C4CCCCC4)cnc32)[C@H](C)[C@H](O)C=C1. The second-order valence-corrected chi connectivity index (χ2v) is 7.97. The first kappa shape index (κ1) is 18.7. The summed E-state index contributed by atoms with van der Waals surface area (Å²) in [4.78, 5) is 21.7. The first-order valence-electron chi connectivity index (χ1n) is 9.94. The lowest BCUT2D eigenvalue weighted by molar-refractivity contribution is 0.100. The van der Waals surface area contributed by atoms with Crippen molar-refractivity contribution < 1.29 is 9.90 Å². The van der Waals surface area contributed by atoms with Gasteiger partial charge in [-0.1, -0.05) is 38.3 Å². The van der Waals surface area contributed by atoms with Crippen molar-refractivity contribution in [3.8, 4) is 0 Å². The number of amides is 1. The number of nitrogens with two attached hydrogens (primary N) is 2. The molecule has 0 bridgehead atoms. The molecule has 7 heteroatoms. The molecule has 0 unspecified atom stereocenters. The fourth-order valence-electron chi connectivity index (χ4n) is 4.55. The molecule has 0 spiro atoms. The molecule has 2 aromatic heterocycles. The summed E-state index contributed by atoms with van der Waals surface area (Å²) in [5.41, 5.74) is 15.9. The third kappa shape index (κ3) is 2.90. The average molecular weight is 381 g/mol. The highest BCUT2D eigenvalue weighted by atomic mass is 16.3. The first-order chi connectivity index (χ1) is 13.4. The minimum atomic E-state index is -0.637. The number of carbonyl (C=O) groups excluding carboxylic acids is 1. The quantitative estimate of drug-likeness (QED) is 0.755. The van der Waals surface area contributed by atoms with Gasteiger partial charge in [-0.3, -0.25) is 9.36 Å². The second-order valence-electron chi connectivity index (χ2n) is 7.97. The molecule has 5 N–H and O–H groups in total. The zero-order valence-electron chi connectivity index (χ0n) is 16.4. The van der Waals surface area contributed by atoms with E-state index < -0.39 is 12.0 Å². The number of fused-ring (bicyclic) bond motifs is 1. The predicted molar refractivity (Wildman–Crippen MR) is 109 cm³/mol. The highest BCUT2D eigenvalue weighted by Gasteiger charge is 2.30. The second kappa shape index (κ2) is 7.05. The molecule has 2 aliphatic carbocycles. The zero-order valence-corrected chi connectivity index (χ0v) is 16.4. The first-order valence-corrected chi connectivity index (χ1v) is 9.94. The van der Waals surface area contributed by atoms with Gasteiger partial charge in [-0.15, -0.1) is 0 Å². The molecular formula is C21H27N5O2. The van der Waals surface area contributed by atoms with E-state index in [0.29, 0.717) is 17.1 Å². The molecule has 4 rings (SSSR count). The molecule has 1 saturated carbocycles. The van der Waals surface area contributed by atoms with Gasteiger partial charge in [-0.25, -0.2) is 9.97 Å². The number of anilines is 1. The Morgan fingerprint density at radius 3 is 2.68 bits per heavy atom. The van der Waals surface area contributed by atoms with Crippen molar-refractivity contribution in [3.63, 3.8) is 0 Å². The number of allylic oxidation sites excluding steroid dienone is 2. The van der Waals surface area contributed by atoms with E-state index in [2.05, 4.69) is 4.98 Å². The molecule has 1 amide bonds. The lowest BCUT2D eigenvalue weighted by atomic mass is 9.87. The predicted octanol–water partition coefficient (Wildman–Crippen LogP) is 2.96. The molecule has 2 heterocycles. The third-order valence-electron chi connectivity index (χ3n) is 6.12. The number of primary amides is 1. The molecule has 0 aliphatic heterocycles. The van der Waals surface area contributed by atoms with E-state index in [4.69, 9.17) is 16.5 Å². The van der Waals surface area contributed by atoms with Crippen molar-refractivity contribution in [1.29, 1.82) is 0 Å². The van der Waals surface area contributed by atoms with Crippen molar-refractivity contribution in [3.05, 3.63) is 35.2 Å². The highest BCUT2D eigenvalue weighted by molar-refractivity contribution is 6.10. The van der Waals surface area contributed by atoms with Crippen LogP contribution in [0.25, 0.3) is 16.9 Å². The number of nitrogens with zero attached hydrogens (tertiary/aromatic N) is 3. The van der Waals surface area contributed by atoms with E-state index in [0.717, 1.165) is 29.8 Å². The van der Waals surface area contributed by atoms with Crippen LogP contribution in [0.4, 0.5) is 5.82 Å². The van der Waals surface area contributed by atoms with Crippen LogP contribution in [0.1, 0.15) is 67.9 Å². The summed E-state index contributed by atoms with van der Waals surface area (Å²) in [6, 6.07) is 0. The van der Waals surface area contributed by atoms with Gasteiger partial charge in [0.1, 0.15) is 16.9 Å². The Morgan fingerprint density at radius 2 is 2.00 bits per heavy atom. The molecule has 7 nitrogen and oxygen atoms in total. The van der Waals surface area contributed by atoms with Crippen LogP contribution < -0.4 is 11.5 Å². The van der Waals surface area contributed by atoms with Crippen LogP contribution in [0, 0.1) is 5.92 Å². The standard InChI is InChI=1S/C21H27N5O2/c1-11-8-9-15(27)12(2)18(11)26-19(22)16(20(23)28)17-21(26)24-10-14(25-17)13-6-4-3-5-7-13/h8-10,12-13,15,27H,3-7,22H2,1-2H3,(H2,23,28)/t12-,15-/m1/s1. The van der Waals surface area contributed by atoms with Crippen LogP contribution in [-0.2, 0) is 0 Å². The Balaban J connectivity index is 1.94. The zero-order chi connectivity index (χ0) is 20.0. The van der Waals surface area contributed by atoms with Crippen LogP contribution in [0.15, 0.2) is 23.9 Å². The van der Waals surface area contributed by atoms with Gasteiger partial charge in [-0.2, -0.15) is 0 Å². The van der Waals surface area contributed by atoms with E-state index >= 15 is 0 Å². The summed E-state index contributed by atoms with van der Waals surface area (Å²) in [5, 5.41) is 10.3. The van der Waals surface area contributed by atoms with Crippen molar-refractivity contribution in [1.82, 2.24) is 14.5 Å². The molecule has 2 atom stereocenters. The van der Waals surface area contributed by atoms with Crippen molar-refractivity contribution >= 4 is 28.6 Å². The Kier molecular flexibility index (Phi) is 4.71. The average Bonchev–Trinajstić information content (AvgIpc) is 2.97. The molecule has 0 aromatic carbocycles. The van der Waals surface area contributed by atoms with E-state index in [1.165, 1.54) is 19.3 Å². The number of aromatic nitrogens is 3. The van der Waals surface area contributed by atoms with Gasteiger partial charge in [0.15, 0.2) is 5.65 Å². The van der Waals surface area contributed by atoms with Crippen LogP contribution in [0.3, 0.4) is 0 Å². The fraction of sp³-hybridized carbons (Fsp3) is 0.476. The molecule has 0 radical (unpaired) electrons. The molecule has 2 aromatic rings. The summed E-state index contributed by atoms with van der Waals surface area (Å²) < 4.78 is 1.74. The molecular weight excluding hydrogens is 354 g/mol. The van der Waals surface area contributed by atoms with Crippen LogP contribution in [0.5, 0.6) is 0 Å². The minimum Gasteiger partial charge on any atom is -0.388 e. The van der Waals surface area contributed by atoms with Crippen molar-refractivity contribution in [2.75, 3.05) is 5.73 Å². The van der Waals surface area contributed by atoms with Crippen molar-refractivity contribution in [2.45, 2.75) is 58.0 Å². The number of rotatable bonds is 3. The van der Waals surface area contributed by atoms with Crippen LogP contribution in [-0.4, -0.2) is 31.7 Å². The fourth-order valence-corrected chi connectivity index (χ4v) is 4.55.